The average Bonchev–Trinajstić information content (AvgIpc) is 2.79. The van der Waals surface area contributed by atoms with E-state index in [1.54, 1.807) is 6.07 Å². The highest BCUT2D eigenvalue weighted by atomic mass is 16.5. The van der Waals surface area contributed by atoms with Crippen molar-refractivity contribution >= 4 is 23.4 Å². The quantitative estimate of drug-likeness (QED) is 0.656. The van der Waals surface area contributed by atoms with Crippen molar-refractivity contribution in [2.45, 2.75) is 26.4 Å². The highest BCUT2D eigenvalue weighted by molar-refractivity contribution is 5.84. The Bertz CT molecular complexity index is 952. The maximum Gasteiger partial charge on any atom is 0.328 e. The van der Waals surface area contributed by atoms with Crippen LogP contribution >= 0.6 is 0 Å². The van der Waals surface area contributed by atoms with Crippen LogP contribution in [0.1, 0.15) is 13.8 Å². The minimum atomic E-state index is -0.776. The maximum atomic E-state index is 12.4. The van der Waals surface area contributed by atoms with Crippen molar-refractivity contribution in [2.75, 3.05) is 43.1 Å². The maximum absolute atomic E-state index is 12.4. The molecule has 9 nitrogen and oxygen atoms in total. The Morgan fingerprint density at radius 3 is 2.29 bits per heavy atom. The molecule has 0 spiro atoms. The second-order valence-corrected chi connectivity index (χ2v) is 7.81. The third kappa shape index (κ3) is 5.62. The van der Waals surface area contributed by atoms with Gasteiger partial charge in [0.1, 0.15) is 18.4 Å². The van der Waals surface area contributed by atoms with Gasteiger partial charge in [-0.1, -0.05) is 32.0 Å². The first-order valence-corrected chi connectivity index (χ1v) is 10.4. The number of hydrogen-bond acceptors (Lipinski definition) is 7. The molecular formula is C22H29N5O4. The Kier molecular flexibility index (Phi) is 7.28. The van der Waals surface area contributed by atoms with E-state index in [9.17, 15) is 14.4 Å². The number of methoxy groups -OCH3 is 1. The third-order valence-corrected chi connectivity index (χ3v) is 5.31. The molecule has 0 saturated carbocycles. The number of nitrogens with one attached hydrogen (secondary N) is 1. The van der Waals surface area contributed by atoms with E-state index < -0.39 is 17.9 Å². The summed E-state index contributed by atoms with van der Waals surface area (Å²) in [6.07, 6.45) is 0. The van der Waals surface area contributed by atoms with Crippen molar-refractivity contribution in [3.8, 4) is 0 Å². The van der Waals surface area contributed by atoms with Crippen molar-refractivity contribution in [1.82, 2.24) is 15.1 Å². The number of hydrogen-bond donors (Lipinski definition) is 1. The van der Waals surface area contributed by atoms with Crippen molar-refractivity contribution < 1.29 is 14.3 Å². The van der Waals surface area contributed by atoms with Crippen LogP contribution in [-0.4, -0.2) is 61.0 Å². The molecule has 1 amide bonds. The van der Waals surface area contributed by atoms with Gasteiger partial charge < -0.3 is 19.9 Å². The number of carbonyl (C=O) groups excluding carboxylic acids is 2. The van der Waals surface area contributed by atoms with E-state index >= 15 is 0 Å². The van der Waals surface area contributed by atoms with Crippen LogP contribution in [-0.2, 0) is 20.9 Å². The summed E-state index contributed by atoms with van der Waals surface area (Å²) in [5, 5.41) is 7.02. The lowest BCUT2D eigenvalue weighted by molar-refractivity contribution is -0.146. The van der Waals surface area contributed by atoms with Crippen LogP contribution < -0.4 is 20.7 Å². The minimum Gasteiger partial charge on any atom is -0.467 e. The van der Waals surface area contributed by atoms with Crippen molar-refractivity contribution in [2.24, 2.45) is 5.92 Å². The Balaban J connectivity index is 1.65. The van der Waals surface area contributed by atoms with Gasteiger partial charge in [-0.05, 0) is 24.1 Å². The summed E-state index contributed by atoms with van der Waals surface area (Å²) in [5.41, 5.74) is 0.808. The van der Waals surface area contributed by atoms with Crippen LogP contribution in [0, 0.1) is 5.92 Å². The standard InChI is InChI=1S/C22H29N5O4/c1-16(2)21(22(30)31-3)23-19(28)15-27-20(29)10-9-18(24-27)26-13-11-25(12-14-26)17-7-5-4-6-8-17/h4-10,16,21H,11-15H2,1-3H3,(H,23,28). The number of rotatable bonds is 7. The second kappa shape index (κ2) is 10.1. The molecule has 2 aromatic rings. The van der Waals surface area contributed by atoms with E-state index in [2.05, 4.69) is 32.3 Å². The summed E-state index contributed by atoms with van der Waals surface area (Å²) in [6.45, 7) is 6.52. The van der Waals surface area contributed by atoms with E-state index in [1.165, 1.54) is 18.9 Å². The number of carbonyl (C=O) groups is 2. The van der Waals surface area contributed by atoms with Crippen LogP contribution in [0.3, 0.4) is 0 Å². The fraction of sp³-hybridized carbons (Fsp3) is 0.455. The van der Waals surface area contributed by atoms with Gasteiger partial charge in [0, 0.05) is 37.9 Å². The molecule has 2 heterocycles. The predicted octanol–water partition coefficient (Wildman–Crippen LogP) is 0.884. The number of benzene rings is 1. The zero-order chi connectivity index (χ0) is 22.4. The predicted molar refractivity (Wildman–Crippen MR) is 118 cm³/mol. The van der Waals surface area contributed by atoms with Crippen LogP contribution in [0.5, 0.6) is 0 Å². The van der Waals surface area contributed by atoms with E-state index in [0.29, 0.717) is 5.82 Å². The van der Waals surface area contributed by atoms with Crippen LogP contribution in [0.4, 0.5) is 11.5 Å². The first-order valence-electron chi connectivity index (χ1n) is 10.4. The van der Waals surface area contributed by atoms with E-state index in [0.717, 1.165) is 30.9 Å². The molecule has 1 N–H and O–H groups in total. The summed E-state index contributed by atoms with van der Waals surface area (Å²) in [5.74, 6) is -0.486. The molecule has 1 aliphatic heterocycles. The number of nitrogens with zero attached hydrogens (tertiary/aromatic N) is 4. The first kappa shape index (κ1) is 22.3. The highest BCUT2D eigenvalue weighted by Crippen LogP contribution is 2.18. The number of para-hydroxylation sites is 1. The Morgan fingerprint density at radius 1 is 1.03 bits per heavy atom. The Hall–Kier alpha value is -3.36. The van der Waals surface area contributed by atoms with Gasteiger partial charge in [0.05, 0.1) is 7.11 Å². The summed E-state index contributed by atoms with van der Waals surface area (Å²) >= 11 is 0. The summed E-state index contributed by atoms with van der Waals surface area (Å²) in [6, 6.07) is 12.5. The van der Waals surface area contributed by atoms with Gasteiger partial charge in [-0.3, -0.25) is 9.59 Å². The second-order valence-electron chi connectivity index (χ2n) is 7.81. The molecule has 1 fully saturated rings. The first-order chi connectivity index (χ1) is 14.9. The third-order valence-electron chi connectivity index (χ3n) is 5.31. The van der Waals surface area contributed by atoms with E-state index in [4.69, 9.17) is 4.74 Å². The molecule has 3 rings (SSSR count). The molecule has 1 aromatic heterocycles. The Morgan fingerprint density at radius 2 is 1.68 bits per heavy atom. The smallest absolute Gasteiger partial charge is 0.328 e. The van der Waals surface area contributed by atoms with Crippen molar-refractivity contribution in [1.29, 1.82) is 0 Å². The lowest BCUT2D eigenvalue weighted by Crippen LogP contribution is -2.48. The Labute approximate surface area is 181 Å². The van der Waals surface area contributed by atoms with Gasteiger partial charge in [-0.2, -0.15) is 5.10 Å². The fourth-order valence-corrected chi connectivity index (χ4v) is 3.53. The topological polar surface area (TPSA) is 96.8 Å². The minimum absolute atomic E-state index is 0.145. The van der Waals surface area contributed by atoms with Gasteiger partial charge >= 0.3 is 5.97 Å². The molecule has 31 heavy (non-hydrogen) atoms. The highest BCUT2D eigenvalue weighted by Gasteiger charge is 2.25. The number of ether oxygens (including phenoxy) is 1. The van der Waals surface area contributed by atoms with Gasteiger partial charge in [-0.15, -0.1) is 0 Å². The van der Waals surface area contributed by atoms with Crippen LogP contribution in [0.2, 0.25) is 0 Å². The van der Waals surface area contributed by atoms with Gasteiger partial charge in [0.2, 0.25) is 5.91 Å². The van der Waals surface area contributed by atoms with Crippen molar-refractivity contribution in [3.63, 3.8) is 0 Å². The molecule has 9 heteroatoms. The molecule has 1 saturated heterocycles. The number of esters is 1. The number of aromatic nitrogens is 2. The fourth-order valence-electron chi connectivity index (χ4n) is 3.53. The molecule has 166 valence electrons. The SMILES string of the molecule is COC(=O)C(NC(=O)Cn1nc(N2CCN(c3ccccc3)CC2)ccc1=O)C(C)C. The van der Waals surface area contributed by atoms with Crippen LogP contribution in [0.15, 0.2) is 47.3 Å². The molecule has 0 radical (unpaired) electrons. The molecule has 0 bridgehead atoms. The number of piperazine rings is 1. The molecule has 1 aliphatic rings. The number of amides is 1. The van der Waals surface area contributed by atoms with E-state index in [-0.39, 0.29) is 18.0 Å². The van der Waals surface area contributed by atoms with Gasteiger partial charge in [-0.25, -0.2) is 9.48 Å². The summed E-state index contributed by atoms with van der Waals surface area (Å²) in [7, 11) is 1.27. The average molecular weight is 428 g/mol. The molecule has 0 aliphatic carbocycles. The molecular weight excluding hydrogens is 398 g/mol. The normalized spacial score (nSPS) is 15.0. The molecule has 1 aromatic carbocycles. The zero-order valence-corrected chi connectivity index (χ0v) is 18.2. The lowest BCUT2D eigenvalue weighted by Gasteiger charge is -2.36. The summed E-state index contributed by atoms with van der Waals surface area (Å²) < 4.78 is 5.87. The van der Waals surface area contributed by atoms with E-state index in [1.807, 2.05) is 32.0 Å². The molecule has 1 unspecified atom stereocenters. The largest absolute Gasteiger partial charge is 0.467 e. The molecule has 1 atom stereocenters. The zero-order valence-electron chi connectivity index (χ0n) is 18.2. The van der Waals surface area contributed by atoms with Gasteiger partial charge in [0.25, 0.3) is 5.56 Å². The number of anilines is 2. The summed E-state index contributed by atoms with van der Waals surface area (Å²) in [4.78, 5) is 41.0. The van der Waals surface area contributed by atoms with Crippen LogP contribution in [0.25, 0.3) is 0 Å². The lowest BCUT2D eigenvalue weighted by atomic mass is 10.0. The van der Waals surface area contributed by atoms with Gasteiger partial charge in [0.15, 0.2) is 0 Å². The van der Waals surface area contributed by atoms with Crippen molar-refractivity contribution in [3.05, 3.63) is 52.8 Å². The monoisotopic (exact) mass is 427 g/mol.